The Labute approximate surface area is 97.0 Å². The maximum Gasteiger partial charge on any atom is 0.341 e. The van der Waals surface area contributed by atoms with E-state index in [2.05, 4.69) is 0 Å². The van der Waals surface area contributed by atoms with Crippen molar-refractivity contribution in [3.05, 3.63) is 16.0 Å². The topological polar surface area (TPSA) is 26.3 Å². The van der Waals surface area contributed by atoms with Crippen molar-refractivity contribution in [2.45, 2.75) is 36.3 Å². The third-order valence-corrected chi connectivity index (χ3v) is 5.37. The number of carbonyl (C=O) groups is 1. The average molecular weight is 240 g/mol. The van der Waals surface area contributed by atoms with Gasteiger partial charge in [-0.15, -0.1) is 11.3 Å². The molecule has 1 aromatic heterocycles. The van der Waals surface area contributed by atoms with Gasteiger partial charge in [-0.25, -0.2) is 4.79 Å². The van der Waals surface area contributed by atoms with Crippen LogP contribution in [0.25, 0.3) is 0 Å². The van der Waals surface area contributed by atoms with E-state index in [0.717, 1.165) is 18.4 Å². The molecule has 0 saturated heterocycles. The fourth-order valence-electron chi connectivity index (χ4n) is 2.23. The lowest BCUT2D eigenvalue weighted by atomic mass is 10.1. The van der Waals surface area contributed by atoms with E-state index in [1.165, 1.54) is 33.9 Å². The summed E-state index contributed by atoms with van der Waals surface area (Å²) >= 11 is 3.49. The molecular weight excluding hydrogens is 228 g/mol. The van der Waals surface area contributed by atoms with Crippen LogP contribution in [0, 0.1) is 0 Å². The van der Waals surface area contributed by atoms with Crippen molar-refractivity contribution in [2.75, 3.05) is 5.94 Å². The first kappa shape index (κ1) is 9.73. The molecule has 2 heterocycles. The number of aryl methyl sites for hydroxylation is 1. The molecule has 0 saturated carbocycles. The second-order valence-electron chi connectivity index (χ2n) is 3.92. The summed E-state index contributed by atoms with van der Waals surface area (Å²) in [6, 6.07) is 0. The third-order valence-electron chi connectivity index (χ3n) is 2.97. The highest BCUT2D eigenvalue weighted by Gasteiger charge is 2.28. The second-order valence-corrected chi connectivity index (χ2v) is 6.22. The first-order chi connectivity index (χ1) is 7.36. The summed E-state index contributed by atoms with van der Waals surface area (Å²) in [5.74, 6) is 0.397. The molecule has 0 radical (unpaired) electrons. The van der Waals surface area contributed by atoms with Gasteiger partial charge in [-0.1, -0.05) is 18.2 Å². The van der Waals surface area contributed by atoms with Crippen LogP contribution in [0.5, 0.6) is 0 Å². The number of esters is 1. The third kappa shape index (κ3) is 1.60. The first-order valence-corrected chi connectivity index (χ1v) is 7.11. The van der Waals surface area contributed by atoms with Crippen molar-refractivity contribution >= 4 is 29.1 Å². The van der Waals surface area contributed by atoms with Crippen LogP contribution in [-0.4, -0.2) is 11.9 Å². The van der Waals surface area contributed by atoms with E-state index in [9.17, 15) is 4.79 Å². The molecule has 2 aliphatic rings. The molecule has 15 heavy (non-hydrogen) atoms. The lowest BCUT2D eigenvalue weighted by molar-refractivity contribution is 0.0566. The van der Waals surface area contributed by atoms with Crippen molar-refractivity contribution in [1.82, 2.24) is 0 Å². The minimum atomic E-state index is -0.0943. The molecule has 80 valence electrons. The van der Waals surface area contributed by atoms with E-state index in [0.29, 0.717) is 5.94 Å². The molecule has 0 N–H and O–H groups in total. The Morgan fingerprint density at radius 2 is 2.00 bits per heavy atom. The SMILES string of the molecule is O=C1OCSc2sc3c(c21)CCCCC3. The molecule has 4 heteroatoms. The Morgan fingerprint density at radius 3 is 2.93 bits per heavy atom. The van der Waals surface area contributed by atoms with Gasteiger partial charge in [-0.05, 0) is 31.2 Å². The molecule has 0 spiro atoms. The van der Waals surface area contributed by atoms with Crippen LogP contribution in [0.1, 0.15) is 40.1 Å². The van der Waals surface area contributed by atoms with Gasteiger partial charge in [0.2, 0.25) is 0 Å². The molecule has 1 aromatic rings. The Morgan fingerprint density at radius 1 is 1.13 bits per heavy atom. The molecular formula is C11H12O2S2. The van der Waals surface area contributed by atoms with Gasteiger partial charge in [0.05, 0.1) is 9.77 Å². The molecule has 0 fully saturated rings. The van der Waals surface area contributed by atoms with Gasteiger partial charge in [0.25, 0.3) is 0 Å². The van der Waals surface area contributed by atoms with Gasteiger partial charge >= 0.3 is 5.97 Å². The summed E-state index contributed by atoms with van der Waals surface area (Å²) in [4.78, 5) is 13.1. The predicted molar refractivity (Wildman–Crippen MR) is 61.7 cm³/mol. The molecule has 0 aromatic carbocycles. The van der Waals surface area contributed by atoms with Gasteiger partial charge in [0.1, 0.15) is 5.94 Å². The molecule has 0 atom stereocenters. The van der Waals surface area contributed by atoms with Crippen LogP contribution >= 0.6 is 23.1 Å². The van der Waals surface area contributed by atoms with Crippen LogP contribution < -0.4 is 0 Å². The fourth-order valence-corrected chi connectivity index (χ4v) is 4.65. The number of fused-ring (bicyclic) bond motifs is 3. The van der Waals surface area contributed by atoms with Crippen LogP contribution in [0.3, 0.4) is 0 Å². The Hall–Kier alpha value is -0.480. The summed E-state index contributed by atoms with van der Waals surface area (Å²) in [5.41, 5.74) is 2.19. The summed E-state index contributed by atoms with van der Waals surface area (Å²) in [6.07, 6.45) is 6.00. The lowest BCUT2D eigenvalue weighted by Gasteiger charge is -2.12. The van der Waals surface area contributed by atoms with Gasteiger partial charge < -0.3 is 4.74 Å². The quantitative estimate of drug-likeness (QED) is 0.514. The molecule has 2 nitrogen and oxygen atoms in total. The standard InChI is InChI=1S/C11H12O2S2/c12-10-9-7-4-2-1-3-5-8(7)15-11(9)14-6-13-10/h1-6H2. The van der Waals surface area contributed by atoms with E-state index < -0.39 is 0 Å². The zero-order valence-corrected chi connectivity index (χ0v) is 10.0. The maximum atomic E-state index is 11.7. The molecule has 3 rings (SSSR count). The second kappa shape index (κ2) is 3.83. The number of rotatable bonds is 0. The Balaban J connectivity index is 2.11. The van der Waals surface area contributed by atoms with Crippen molar-refractivity contribution < 1.29 is 9.53 Å². The number of thiophene rings is 1. The number of carbonyl (C=O) groups excluding carboxylic acids is 1. The lowest BCUT2D eigenvalue weighted by Crippen LogP contribution is -2.11. The zero-order chi connectivity index (χ0) is 10.3. The molecule has 1 aliphatic heterocycles. The van der Waals surface area contributed by atoms with E-state index >= 15 is 0 Å². The summed E-state index contributed by atoms with van der Waals surface area (Å²) < 4.78 is 6.29. The molecule has 0 bridgehead atoms. The first-order valence-electron chi connectivity index (χ1n) is 5.31. The molecule has 1 aliphatic carbocycles. The summed E-state index contributed by atoms with van der Waals surface area (Å²) in [6.45, 7) is 0. The number of cyclic esters (lactones) is 1. The van der Waals surface area contributed by atoms with Gasteiger partial charge in [-0.2, -0.15) is 0 Å². The fraction of sp³-hybridized carbons (Fsp3) is 0.545. The van der Waals surface area contributed by atoms with Crippen LogP contribution in [-0.2, 0) is 17.6 Å². The number of hydrogen-bond acceptors (Lipinski definition) is 4. The average Bonchev–Trinajstić information content (AvgIpc) is 2.43. The monoisotopic (exact) mass is 240 g/mol. The van der Waals surface area contributed by atoms with E-state index in [-0.39, 0.29) is 5.97 Å². The van der Waals surface area contributed by atoms with E-state index in [1.807, 2.05) is 11.3 Å². The van der Waals surface area contributed by atoms with Crippen molar-refractivity contribution in [2.24, 2.45) is 0 Å². The normalized spacial score (nSPS) is 20.1. The number of ether oxygens (including phenoxy) is 1. The van der Waals surface area contributed by atoms with Crippen molar-refractivity contribution in [1.29, 1.82) is 0 Å². The van der Waals surface area contributed by atoms with Crippen LogP contribution in [0.4, 0.5) is 0 Å². The van der Waals surface area contributed by atoms with Gasteiger partial charge in [0, 0.05) is 4.88 Å². The van der Waals surface area contributed by atoms with E-state index in [1.54, 1.807) is 11.8 Å². The van der Waals surface area contributed by atoms with Gasteiger partial charge in [-0.3, -0.25) is 0 Å². The molecule has 0 unspecified atom stereocenters. The van der Waals surface area contributed by atoms with Crippen LogP contribution in [0.15, 0.2) is 4.21 Å². The predicted octanol–water partition coefficient (Wildman–Crippen LogP) is 3.24. The highest BCUT2D eigenvalue weighted by atomic mass is 32.2. The number of thioether (sulfide) groups is 1. The minimum absolute atomic E-state index is 0.0943. The van der Waals surface area contributed by atoms with E-state index in [4.69, 9.17) is 4.74 Å². The van der Waals surface area contributed by atoms with Crippen LogP contribution in [0.2, 0.25) is 0 Å². The Bertz CT molecular complexity index is 409. The number of hydrogen-bond donors (Lipinski definition) is 0. The summed E-state index contributed by atoms with van der Waals surface area (Å²) in [7, 11) is 0. The highest BCUT2D eigenvalue weighted by Crippen LogP contribution is 2.42. The summed E-state index contributed by atoms with van der Waals surface area (Å²) in [5, 5.41) is 0. The van der Waals surface area contributed by atoms with Gasteiger partial charge in [0.15, 0.2) is 0 Å². The highest BCUT2D eigenvalue weighted by molar-refractivity contribution is 8.01. The Kier molecular flexibility index (Phi) is 2.48. The van der Waals surface area contributed by atoms with Crippen molar-refractivity contribution in [3.63, 3.8) is 0 Å². The minimum Gasteiger partial charge on any atom is -0.451 e. The smallest absolute Gasteiger partial charge is 0.341 e. The largest absolute Gasteiger partial charge is 0.451 e. The molecule has 0 amide bonds. The maximum absolute atomic E-state index is 11.7. The van der Waals surface area contributed by atoms with Crippen molar-refractivity contribution in [3.8, 4) is 0 Å². The zero-order valence-electron chi connectivity index (χ0n) is 8.38.